The summed E-state index contributed by atoms with van der Waals surface area (Å²) in [6.45, 7) is 0.687. The Morgan fingerprint density at radius 2 is 2.19 bits per heavy atom. The van der Waals surface area contributed by atoms with Crippen LogP contribution in [0.15, 0.2) is 46.7 Å². The molecule has 1 fully saturated rings. The maximum absolute atomic E-state index is 12.6. The van der Waals surface area contributed by atoms with Crippen LogP contribution in [-0.2, 0) is 4.79 Å². The summed E-state index contributed by atoms with van der Waals surface area (Å²) in [5.41, 5.74) is 0.871. The molecule has 0 unspecified atom stereocenters. The van der Waals surface area contributed by atoms with Crippen LogP contribution in [-0.4, -0.2) is 41.2 Å². The molecule has 0 atom stereocenters. The molecule has 1 aromatic heterocycles. The van der Waals surface area contributed by atoms with E-state index in [1.165, 1.54) is 28.0 Å². The number of nitrogens with zero attached hydrogens (tertiary/aromatic N) is 1. The third kappa shape index (κ3) is 4.32. The molecule has 134 valence electrons. The van der Waals surface area contributed by atoms with Gasteiger partial charge in [0.2, 0.25) is 0 Å². The van der Waals surface area contributed by atoms with E-state index in [1.54, 1.807) is 19.3 Å². The maximum Gasteiger partial charge on any atom is 0.266 e. The van der Waals surface area contributed by atoms with Gasteiger partial charge in [-0.2, -0.15) is 0 Å². The number of thiophene rings is 1. The minimum atomic E-state index is -0.145. The number of hydrogen-bond donors (Lipinski definition) is 1. The van der Waals surface area contributed by atoms with Crippen molar-refractivity contribution in [2.45, 2.75) is 0 Å². The largest absolute Gasteiger partial charge is 0.497 e. The van der Waals surface area contributed by atoms with Crippen molar-refractivity contribution in [2.24, 2.45) is 0 Å². The number of hydrogen-bond acceptors (Lipinski definition) is 6. The smallest absolute Gasteiger partial charge is 0.266 e. The van der Waals surface area contributed by atoms with Crippen LogP contribution < -0.4 is 10.1 Å². The molecule has 2 amide bonds. The lowest BCUT2D eigenvalue weighted by atomic mass is 10.2. The van der Waals surface area contributed by atoms with Crippen LogP contribution in [0.3, 0.4) is 0 Å². The summed E-state index contributed by atoms with van der Waals surface area (Å²) in [6, 6.07) is 11.1. The Bertz CT molecular complexity index is 862. The highest BCUT2D eigenvalue weighted by atomic mass is 32.2. The monoisotopic (exact) mass is 404 g/mol. The topological polar surface area (TPSA) is 58.6 Å². The fourth-order valence-corrected chi connectivity index (χ4v) is 4.30. The van der Waals surface area contributed by atoms with Gasteiger partial charge in [0.25, 0.3) is 11.8 Å². The van der Waals surface area contributed by atoms with Crippen molar-refractivity contribution in [2.75, 3.05) is 20.2 Å². The molecule has 3 rings (SSSR count). The summed E-state index contributed by atoms with van der Waals surface area (Å²) in [5, 5.41) is 4.65. The third-order valence-electron chi connectivity index (χ3n) is 3.63. The van der Waals surface area contributed by atoms with Gasteiger partial charge >= 0.3 is 0 Å². The molecule has 2 heterocycles. The van der Waals surface area contributed by atoms with Crippen LogP contribution in [0.2, 0.25) is 0 Å². The first kappa shape index (κ1) is 18.6. The van der Waals surface area contributed by atoms with Crippen molar-refractivity contribution in [3.05, 3.63) is 57.1 Å². The first-order valence-corrected chi connectivity index (χ1v) is 9.90. The first-order valence-electron chi connectivity index (χ1n) is 7.79. The van der Waals surface area contributed by atoms with E-state index in [2.05, 4.69) is 5.32 Å². The first-order chi connectivity index (χ1) is 12.6. The average Bonchev–Trinajstić information content (AvgIpc) is 3.26. The van der Waals surface area contributed by atoms with E-state index in [0.29, 0.717) is 27.2 Å². The van der Waals surface area contributed by atoms with E-state index in [1.807, 2.05) is 35.7 Å². The molecule has 2 aromatic rings. The molecule has 1 aliphatic rings. The van der Waals surface area contributed by atoms with Crippen LogP contribution in [0.1, 0.15) is 15.2 Å². The Balaban J connectivity index is 1.61. The van der Waals surface area contributed by atoms with E-state index >= 15 is 0 Å². The fraction of sp³-hybridized carbons (Fsp3) is 0.167. The summed E-state index contributed by atoms with van der Waals surface area (Å²) in [7, 11) is 1.60. The van der Waals surface area contributed by atoms with Crippen molar-refractivity contribution in [3.63, 3.8) is 0 Å². The summed E-state index contributed by atoms with van der Waals surface area (Å²) in [4.78, 5) is 27.3. The molecule has 0 aliphatic carbocycles. The number of carbonyl (C=O) groups excluding carboxylic acids is 2. The van der Waals surface area contributed by atoms with Crippen LogP contribution in [0.25, 0.3) is 6.08 Å². The van der Waals surface area contributed by atoms with Crippen LogP contribution >= 0.6 is 35.3 Å². The summed E-state index contributed by atoms with van der Waals surface area (Å²) in [5.74, 6) is 0.441. The molecule has 1 aliphatic heterocycles. The molecule has 5 nitrogen and oxygen atoms in total. The van der Waals surface area contributed by atoms with E-state index in [0.717, 1.165) is 11.3 Å². The van der Waals surface area contributed by atoms with Gasteiger partial charge in [0, 0.05) is 13.1 Å². The fourth-order valence-electron chi connectivity index (χ4n) is 2.35. The molecule has 0 spiro atoms. The van der Waals surface area contributed by atoms with Gasteiger partial charge in [-0.05, 0) is 35.2 Å². The zero-order valence-electron chi connectivity index (χ0n) is 13.9. The van der Waals surface area contributed by atoms with Crippen molar-refractivity contribution < 1.29 is 14.3 Å². The van der Waals surface area contributed by atoms with Crippen molar-refractivity contribution in [1.29, 1.82) is 0 Å². The Labute approximate surface area is 165 Å². The van der Waals surface area contributed by atoms with E-state index in [9.17, 15) is 9.59 Å². The van der Waals surface area contributed by atoms with Crippen LogP contribution in [0, 0.1) is 0 Å². The normalized spacial score (nSPS) is 15.6. The van der Waals surface area contributed by atoms with Gasteiger partial charge in [0.1, 0.15) is 10.1 Å². The lowest BCUT2D eigenvalue weighted by Crippen LogP contribution is -2.37. The molecular weight excluding hydrogens is 388 g/mol. The minimum Gasteiger partial charge on any atom is -0.497 e. The molecule has 0 saturated carbocycles. The number of carbonyl (C=O) groups is 2. The predicted octanol–water partition coefficient (Wildman–Crippen LogP) is 3.39. The molecule has 26 heavy (non-hydrogen) atoms. The van der Waals surface area contributed by atoms with Gasteiger partial charge < -0.3 is 10.1 Å². The zero-order chi connectivity index (χ0) is 18.5. The zero-order valence-corrected chi connectivity index (χ0v) is 16.4. The van der Waals surface area contributed by atoms with E-state index in [-0.39, 0.29) is 11.8 Å². The Kier molecular flexibility index (Phi) is 6.08. The van der Waals surface area contributed by atoms with Crippen molar-refractivity contribution >= 4 is 57.5 Å². The molecule has 0 radical (unpaired) electrons. The average molecular weight is 405 g/mol. The molecule has 0 bridgehead atoms. The van der Waals surface area contributed by atoms with Gasteiger partial charge in [-0.3, -0.25) is 14.5 Å². The third-order valence-corrected chi connectivity index (χ3v) is 5.88. The standard InChI is InChI=1S/C18H16N2O3S3/c1-23-13-5-2-4-12(10-13)11-15-17(22)20(18(24)26-15)8-7-19-16(21)14-6-3-9-25-14/h2-6,9-11H,7-8H2,1H3,(H,19,21)/b15-11+. The molecule has 1 aromatic carbocycles. The Hall–Kier alpha value is -2.16. The minimum absolute atomic E-state index is 0.141. The molecular formula is C18H16N2O3S3. The van der Waals surface area contributed by atoms with Crippen molar-refractivity contribution in [1.82, 2.24) is 10.2 Å². The second kappa shape index (κ2) is 8.48. The predicted molar refractivity (Wildman–Crippen MR) is 110 cm³/mol. The lowest BCUT2D eigenvalue weighted by molar-refractivity contribution is -0.122. The highest BCUT2D eigenvalue weighted by Crippen LogP contribution is 2.32. The molecule has 1 N–H and O–H groups in total. The number of methoxy groups -OCH3 is 1. The van der Waals surface area contributed by atoms with Crippen LogP contribution in [0.4, 0.5) is 0 Å². The highest BCUT2D eigenvalue weighted by Gasteiger charge is 2.31. The van der Waals surface area contributed by atoms with Crippen molar-refractivity contribution in [3.8, 4) is 5.75 Å². The number of thioether (sulfide) groups is 1. The number of thiocarbonyl (C=S) groups is 1. The van der Waals surface area contributed by atoms with E-state index in [4.69, 9.17) is 17.0 Å². The second-order valence-corrected chi connectivity index (χ2v) is 7.97. The Morgan fingerprint density at radius 1 is 1.35 bits per heavy atom. The number of benzene rings is 1. The number of rotatable bonds is 6. The van der Waals surface area contributed by atoms with Gasteiger partial charge in [-0.15, -0.1) is 11.3 Å². The number of amides is 2. The van der Waals surface area contributed by atoms with E-state index < -0.39 is 0 Å². The summed E-state index contributed by atoms with van der Waals surface area (Å²) in [6.07, 6.45) is 1.80. The number of ether oxygens (including phenoxy) is 1. The lowest BCUT2D eigenvalue weighted by Gasteiger charge is -2.14. The SMILES string of the molecule is COc1cccc(/C=C2/SC(=S)N(CCNC(=O)c3cccs3)C2=O)c1. The summed E-state index contributed by atoms with van der Waals surface area (Å²) >= 11 is 7.95. The highest BCUT2D eigenvalue weighted by molar-refractivity contribution is 8.26. The van der Waals surface area contributed by atoms with Gasteiger partial charge in [-0.1, -0.05) is 42.2 Å². The number of nitrogens with one attached hydrogen (secondary N) is 1. The second-order valence-electron chi connectivity index (χ2n) is 5.34. The van der Waals surface area contributed by atoms with Gasteiger partial charge in [0.15, 0.2) is 0 Å². The van der Waals surface area contributed by atoms with Gasteiger partial charge in [-0.25, -0.2) is 0 Å². The van der Waals surface area contributed by atoms with Gasteiger partial charge in [0.05, 0.1) is 16.9 Å². The quantitative estimate of drug-likeness (QED) is 0.591. The Morgan fingerprint density at radius 3 is 2.92 bits per heavy atom. The molecule has 8 heteroatoms. The maximum atomic E-state index is 12.6. The molecule has 1 saturated heterocycles. The summed E-state index contributed by atoms with van der Waals surface area (Å²) < 4.78 is 5.69. The van der Waals surface area contributed by atoms with Crippen LogP contribution in [0.5, 0.6) is 5.75 Å².